The van der Waals surface area contributed by atoms with Gasteiger partial charge < -0.3 is 15.2 Å². The molecule has 1 amide bonds. The van der Waals surface area contributed by atoms with Crippen molar-refractivity contribution >= 4 is 5.91 Å². The van der Waals surface area contributed by atoms with E-state index in [-0.39, 0.29) is 17.4 Å². The number of nitrogens with zero attached hydrogens (tertiary/aromatic N) is 6. The Morgan fingerprint density at radius 2 is 1.87 bits per heavy atom. The van der Waals surface area contributed by atoms with Crippen molar-refractivity contribution in [3.8, 4) is 11.6 Å². The Kier molecular flexibility index (Phi) is 9.46. The molecule has 2 aromatic heterocycles. The molecule has 10 heteroatoms. The molecule has 4 aromatic rings. The van der Waals surface area contributed by atoms with Crippen molar-refractivity contribution in [1.82, 2.24) is 35.0 Å². The van der Waals surface area contributed by atoms with Gasteiger partial charge in [0, 0.05) is 32.4 Å². The molecule has 2 atom stereocenters. The molecule has 1 aliphatic rings. The Hall–Kier alpha value is -4.02. The predicted molar refractivity (Wildman–Crippen MR) is 175 cm³/mol. The van der Waals surface area contributed by atoms with Crippen LogP contribution in [0, 0.1) is 27.7 Å². The Labute approximate surface area is 266 Å². The van der Waals surface area contributed by atoms with Gasteiger partial charge >= 0.3 is 0 Å². The summed E-state index contributed by atoms with van der Waals surface area (Å²) in [5.41, 5.74) is 7.35. The summed E-state index contributed by atoms with van der Waals surface area (Å²) in [6, 6.07) is 12.2. The molecule has 2 unspecified atom stereocenters. The van der Waals surface area contributed by atoms with Crippen LogP contribution in [-0.2, 0) is 25.6 Å². The fourth-order valence-corrected chi connectivity index (χ4v) is 6.02. The second kappa shape index (κ2) is 13.1. The molecular formula is C35H47N7O3. The number of aryl methyl sites for hydroxylation is 4. The van der Waals surface area contributed by atoms with Gasteiger partial charge in [0.2, 0.25) is 5.88 Å². The van der Waals surface area contributed by atoms with Gasteiger partial charge in [-0.3, -0.25) is 9.69 Å². The monoisotopic (exact) mass is 613 g/mol. The first-order chi connectivity index (χ1) is 21.3. The van der Waals surface area contributed by atoms with Crippen LogP contribution >= 0.6 is 0 Å². The Bertz CT molecular complexity index is 1650. The number of aliphatic hydroxyl groups excluding tert-OH is 1. The Morgan fingerprint density at radius 1 is 1.13 bits per heavy atom. The number of carbonyl (C=O) groups excluding carboxylic acids is 1. The number of ether oxygens (including phenoxy) is 1. The number of aliphatic hydroxyl groups is 1. The number of hydrogen-bond donors (Lipinski definition) is 2. The van der Waals surface area contributed by atoms with Crippen molar-refractivity contribution in [3.05, 3.63) is 87.4 Å². The van der Waals surface area contributed by atoms with E-state index in [4.69, 9.17) is 4.74 Å². The van der Waals surface area contributed by atoms with Gasteiger partial charge in [-0.15, -0.1) is 5.10 Å². The lowest BCUT2D eigenvalue weighted by molar-refractivity contribution is 0.0897. The largest absolute Gasteiger partial charge is 0.438 e. The van der Waals surface area contributed by atoms with Crippen LogP contribution in [0.4, 0.5) is 0 Å². The quantitative estimate of drug-likeness (QED) is 0.258. The van der Waals surface area contributed by atoms with Crippen molar-refractivity contribution in [2.24, 2.45) is 7.05 Å². The molecular weight excluding hydrogens is 566 g/mol. The highest BCUT2D eigenvalue weighted by molar-refractivity contribution is 5.98. The molecule has 1 saturated heterocycles. The number of aromatic nitrogens is 5. The fraction of sp³-hybridized carbons (Fsp3) is 0.486. The van der Waals surface area contributed by atoms with Gasteiger partial charge in [0.25, 0.3) is 5.91 Å². The van der Waals surface area contributed by atoms with Gasteiger partial charge in [0.1, 0.15) is 11.3 Å². The normalized spacial score (nSPS) is 16.5. The summed E-state index contributed by atoms with van der Waals surface area (Å²) < 4.78 is 9.67. The molecule has 5 rings (SSSR count). The minimum Gasteiger partial charge on any atom is -0.438 e. The lowest BCUT2D eigenvalue weighted by atomic mass is 9.86. The summed E-state index contributed by atoms with van der Waals surface area (Å²) in [6.45, 7) is 17.0. The standard InChI is InChI=1S/C35H47N7O3/c1-22-16-23(2)24(3)31(17-22)45-34-32(25(4)38-40(34)8)33(44)36-28-10-9-15-41(18-28)19-29-20-42(39-37-29)21-30(43)26-11-13-27(14-12-26)35(5,6)7/h11-14,16-17,20,28,30,43H,9-10,15,18-19,21H2,1-8H3,(H,36,44). The highest BCUT2D eigenvalue weighted by Gasteiger charge is 2.28. The van der Waals surface area contributed by atoms with E-state index in [1.807, 2.05) is 45.2 Å². The van der Waals surface area contributed by atoms with E-state index in [9.17, 15) is 9.90 Å². The fourth-order valence-electron chi connectivity index (χ4n) is 6.02. The smallest absolute Gasteiger partial charge is 0.258 e. The van der Waals surface area contributed by atoms with Gasteiger partial charge in [0.15, 0.2) is 0 Å². The first kappa shape index (κ1) is 32.4. The zero-order valence-electron chi connectivity index (χ0n) is 27.9. The average molecular weight is 614 g/mol. The van der Waals surface area contributed by atoms with Crippen LogP contribution < -0.4 is 10.1 Å². The van der Waals surface area contributed by atoms with Crippen LogP contribution in [0.5, 0.6) is 11.6 Å². The minimum atomic E-state index is -0.674. The van der Waals surface area contributed by atoms with Crippen LogP contribution in [0.25, 0.3) is 0 Å². The predicted octanol–water partition coefficient (Wildman–Crippen LogP) is 5.46. The number of carbonyl (C=O) groups is 1. The van der Waals surface area contributed by atoms with Crippen molar-refractivity contribution < 1.29 is 14.6 Å². The van der Waals surface area contributed by atoms with Crippen molar-refractivity contribution in [2.75, 3.05) is 13.1 Å². The van der Waals surface area contributed by atoms with Crippen LogP contribution in [0.3, 0.4) is 0 Å². The number of piperidine rings is 1. The summed E-state index contributed by atoms with van der Waals surface area (Å²) in [6.07, 6.45) is 3.07. The lowest BCUT2D eigenvalue weighted by Crippen LogP contribution is -2.47. The van der Waals surface area contributed by atoms with Gasteiger partial charge in [-0.05, 0) is 86.4 Å². The van der Waals surface area contributed by atoms with Crippen LogP contribution in [0.15, 0.2) is 42.6 Å². The summed E-state index contributed by atoms with van der Waals surface area (Å²) in [7, 11) is 1.80. The molecule has 0 radical (unpaired) electrons. The van der Waals surface area contributed by atoms with Gasteiger partial charge in [-0.25, -0.2) is 9.36 Å². The van der Waals surface area contributed by atoms with E-state index in [0.29, 0.717) is 36.8 Å². The maximum Gasteiger partial charge on any atom is 0.258 e. The summed E-state index contributed by atoms with van der Waals surface area (Å²) >= 11 is 0. The number of rotatable bonds is 9. The molecule has 1 fully saturated rings. The van der Waals surface area contributed by atoms with Gasteiger partial charge in [-0.2, -0.15) is 5.10 Å². The number of benzene rings is 2. The molecule has 2 aromatic carbocycles. The number of likely N-dealkylation sites (tertiary alicyclic amines) is 1. The first-order valence-electron chi connectivity index (χ1n) is 15.8. The van der Waals surface area contributed by atoms with Crippen LogP contribution in [0.1, 0.15) is 89.3 Å². The number of amides is 1. The van der Waals surface area contributed by atoms with E-state index in [0.717, 1.165) is 53.1 Å². The SMILES string of the molecule is Cc1cc(C)c(C)c(Oc2c(C(=O)NC3CCCN(Cc4cn(CC(O)c5ccc(C(C)(C)C)cc5)nn4)C3)c(C)nn2C)c1. The molecule has 240 valence electrons. The number of hydrogen-bond acceptors (Lipinski definition) is 7. The summed E-state index contributed by atoms with van der Waals surface area (Å²) in [5, 5.41) is 27.2. The molecule has 3 heterocycles. The highest BCUT2D eigenvalue weighted by Crippen LogP contribution is 2.32. The molecule has 10 nitrogen and oxygen atoms in total. The van der Waals surface area contributed by atoms with Gasteiger partial charge in [-0.1, -0.05) is 56.3 Å². The summed E-state index contributed by atoms with van der Waals surface area (Å²) in [4.78, 5) is 15.9. The highest BCUT2D eigenvalue weighted by atomic mass is 16.5. The minimum absolute atomic E-state index is 0.0189. The number of nitrogens with one attached hydrogen (secondary N) is 1. The second-order valence-corrected chi connectivity index (χ2v) is 13.6. The molecule has 45 heavy (non-hydrogen) atoms. The van der Waals surface area contributed by atoms with Gasteiger partial charge in [0.05, 0.1) is 24.0 Å². The van der Waals surface area contributed by atoms with E-state index in [1.165, 1.54) is 5.56 Å². The molecule has 0 bridgehead atoms. The van der Waals surface area contributed by atoms with E-state index in [2.05, 4.69) is 71.5 Å². The van der Waals surface area contributed by atoms with E-state index < -0.39 is 6.10 Å². The Morgan fingerprint density at radius 3 is 2.58 bits per heavy atom. The van der Waals surface area contributed by atoms with Crippen molar-refractivity contribution in [1.29, 1.82) is 0 Å². The zero-order valence-corrected chi connectivity index (χ0v) is 27.9. The molecule has 1 aliphatic heterocycles. The van der Waals surface area contributed by atoms with E-state index in [1.54, 1.807) is 16.4 Å². The lowest BCUT2D eigenvalue weighted by Gasteiger charge is -2.32. The Balaban J connectivity index is 1.19. The van der Waals surface area contributed by atoms with Crippen LogP contribution in [-0.4, -0.2) is 59.8 Å². The third-order valence-corrected chi connectivity index (χ3v) is 8.70. The first-order valence-corrected chi connectivity index (χ1v) is 15.8. The van der Waals surface area contributed by atoms with Crippen LogP contribution in [0.2, 0.25) is 0 Å². The third kappa shape index (κ3) is 7.62. The molecule has 0 saturated carbocycles. The van der Waals surface area contributed by atoms with Crippen molar-refractivity contribution in [2.45, 2.75) is 92.0 Å². The maximum absolute atomic E-state index is 13.6. The summed E-state index contributed by atoms with van der Waals surface area (Å²) in [5.74, 6) is 0.988. The molecule has 0 spiro atoms. The zero-order chi connectivity index (χ0) is 32.5. The average Bonchev–Trinajstić information content (AvgIpc) is 3.52. The second-order valence-electron chi connectivity index (χ2n) is 13.6. The topological polar surface area (TPSA) is 110 Å². The maximum atomic E-state index is 13.6. The van der Waals surface area contributed by atoms with E-state index >= 15 is 0 Å². The van der Waals surface area contributed by atoms with Crippen molar-refractivity contribution in [3.63, 3.8) is 0 Å². The molecule has 0 aliphatic carbocycles. The molecule has 2 N–H and O–H groups in total. The third-order valence-electron chi connectivity index (χ3n) is 8.70.